The monoisotopic (exact) mass is 358 g/mol. The van der Waals surface area contributed by atoms with Crippen LogP contribution in [-0.4, -0.2) is 29.2 Å². The maximum Gasteiger partial charge on any atom is 0.246 e. The van der Waals surface area contributed by atoms with Crippen LogP contribution in [0.25, 0.3) is 0 Å². The summed E-state index contributed by atoms with van der Waals surface area (Å²) in [5.41, 5.74) is 7.06. The van der Waals surface area contributed by atoms with Crippen molar-refractivity contribution in [1.29, 1.82) is 0 Å². The van der Waals surface area contributed by atoms with Gasteiger partial charge in [0.2, 0.25) is 16.0 Å². The fraction of sp³-hybridized carbons (Fsp3) is 0.231. The number of nitrogens with zero attached hydrogens (tertiary/aromatic N) is 3. The Labute approximate surface area is 137 Å². The molecular weight excluding hydrogens is 347 g/mol. The molecule has 2 aromatic rings. The molecule has 116 valence electrons. The van der Waals surface area contributed by atoms with Gasteiger partial charge in [0.05, 0.1) is 22.3 Å². The number of anilines is 1. The van der Waals surface area contributed by atoms with Gasteiger partial charge >= 0.3 is 0 Å². The van der Waals surface area contributed by atoms with E-state index in [0.29, 0.717) is 18.7 Å². The van der Waals surface area contributed by atoms with Crippen LogP contribution in [0.5, 0.6) is 0 Å². The summed E-state index contributed by atoms with van der Waals surface area (Å²) in [6.45, 7) is 0.427. The van der Waals surface area contributed by atoms with Crippen molar-refractivity contribution in [3.63, 3.8) is 0 Å². The molecule has 1 aromatic heterocycles. The number of benzene rings is 1. The molecule has 1 aliphatic heterocycles. The molecule has 0 aliphatic carbocycles. The average Bonchev–Trinajstić information content (AvgIpc) is 2.46. The molecule has 0 saturated heterocycles. The molecule has 0 radical (unpaired) electrons. The van der Waals surface area contributed by atoms with Crippen LogP contribution in [0.2, 0.25) is 10.0 Å². The van der Waals surface area contributed by atoms with Gasteiger partial charge in [-0.2, -0.15) is 4.31 Å². The zero-order valence-electron chi connectivity index (χ0n) is 11.3. The van der Waals surface area contributed by atoms with E-state index in [0.717, 1.165) is 5.56 Å². The highest BCUT2D eigenvalue weighted by Crippen LogP contribution is 2.33. The van der Waals surface area contributed by atoms with Gasteiger partial charge in [0.25, 0.3) is 0 Å². The van der Waals surface area contributed by atoms with Crippen molar-refractivity contribution in [3.8, 4) is 0 Å². The largest absolute Gasteiger partial charge is 0.368 e. The van der Waals surface area contributed by atoms with E-state index in [1.807, 2.05) is 0 Å². The van der Waals surface area contributed by atoms with Gasteiger partial charge in [-0.15, -0.1) is 0 Å². The molecule has 2 heterocycles. The summed E-state index contributed by atoms with van der Waals surface area (Å²) in [6, 6.07) is 4.60. The van der Waals surface area contributed by atoms with Crippen molar-refractivity contribution in [2.45, 2.75) is 17.9 Å². The minimum Gasteiger partial charge on any atom is -0.368 e. The molecule has 6 nitrogen and oxygen atoms in total. The second-order valence-electron chi connectivity index (χ2n) is 4.84. The number of nitrogens with two attached hydrogens (primary N) is 1. The maximum atomic E-state index is 12.8. The van der Waals surface area contributed by atoms with Crippen LogP contribution in [-0.2, 0) is 23.0 Å². The zero-order chi connectivity index (χ0) is 15.9. The summed E-state index contributed by atoms with van der Waals surface area (Å²) in [5.74, 6) is 0.119. The molecule has 0 spiro atoms. The fourth-order valence-electron chi connectivity index (χ4n) is 2.36. The Morgan fingerprint density at radius 1 is 1.23 bits per heavy atom. The number of halogens is 2. The first-order chi connectivity index (χ1) is 10.4. The van der Waals surface area contributed by atoms with Crippen molar-refractivity contribution in [2.75, 3.05) is 12.3 Å². The molecule has 1 aromatic carbocycles. The zero-order valence-corrected chi connectivity index (χ0v) is 13.7. The minimum absolute atomic E-state index is 0.0798. The Balaban J connectivity index is 2.01. The van der Waals surface area contributed by atoms with Crippen LogP contribution in [0, 0.1) is 0 Å². The van der Waals surface area contributed by atoms with Gasteiger partial charge in [-0.1, -0.05) is 29.3 Å². The Bertz CT molecular complexity index is 822. The van der Waals surface area contributed by atoms with Crippen LogP contribution >= 0.6 is 23.2 Å². The predicted octanol–water partition coefficient (Wildman–Crippen LogP) is 2.11. The number of rotatable bonds is 2. The second-order valence-corrected chi connectivity index (χ2v) is 7.53. The molecule has 0 fully saturated rings. The molecule has 0 saturated carbocycles. The Hall–Kier alpha value is -1.41. The van der Waals surface area contributed by atoms with Gasteiger partial charge < -0.3 is 5.73 Å². The van der Waals surface area contributed by atoms with Crippen molar-refractivity contribution in [1.82, 2.24) is 14.3 Å². The van der Waals surface area contributed by atoms with Crippen molar-refractivity contribution in [2.24, 2.45) is 0 Å². The molecular formula is C13H12Cl2N4O2S. The summed E-state index contributed by atoms with van der Waals surface area (Å²) in [5, 5.41) is 0.195. The fourth-order valence-corrected chi connectivity index (χ4v) is 4.85. The van der Waals surface area contributed by atoms with E-state index < -0.39 is 10.0 Å². The third-order valence-electron chi connectivity index (χ3n) is 3.45. The standard InChI is InChI=1S/C13H12Cl2N4O2S/c14-9-2-1-3-10(15)12(9)22(20,21)19-5-4-8-6-17-13(16)18-11(8)7-19/h1-3,6H,4-5,7H2,(H2,16,17,18). The number of hydrogen-bond acceptors (Lipinski definition) is 5. The van der Waals surface area contributed by atoms with Gasteiger partial charge in [-0.25, -0.2) is 18.4 Å². The molecule has 0 amide bonds. The highest BCUT2D eigenvalue weighted by atomic mass is 35.5. The van der Waals surface area contributed by atoms with E-state index in [4.69, 9.17) is 28.9 Å². The Morgan fingerprint density at radius 2 is 1.91 bits per heavy atom. The Kier molecular flexibility index (Phi) is 3.98. The second kappa shape index (κ2) is 5.66. The highest BCUT2D eigenvalue weighted by Gasteiger charge is 2.32. The van der Waals surface area contributed by atoms with Crippen molar-refractivity contribution < 1.29 is 8.42 Å². The van der Waals surface area contributed by atoms with E-state index in [1.54, 1.807) is 12.3 Å². The summed E-state index contributed by atoms with van der Waals surface area (Å²) in [7, 11) is -3.81. The van der Waals surface area contributed by atoms with E-state index in [1.165, 1.54) is 16.4 Å². The molecule has 3 rings (SSSR count). The lowest BCUT2D eigenvalue weighted by Crippen LogP contribution is -2.37. The molecule has 0 atom stereocenters. The van der Waals surface area contributed by atoms with Crippen LogP contribution in [0.4, 0.5) is 5.95 Å². The first-order valence-corrected chi connectivity index (χ1v) is 8.63. The molecule has 0 bridgehead atoms. The maximum absolute atomic E-state index is 12.8. The lowest BCUT2D eigenvalue weighted by molar-refractivity contribution is 0.385. The third-order valence-corrected chi connectivity index (χ3v) is 6.25. The SMILES string of the molecule is Nc1ncc2c(n1)CN(S(=O)(=O)c1c(Cl)cccc1Cl)CC2. The lowest BCUT2D eigenvalue weighted by atomic mass is 10.1. The van der Waals surface area contributed by atoms with Crippen molar-refractivity contribution >= 4 is 39.2 Å². The van der Waals surface area contributed by atoms with Gasteiger partial charge in [-0.05, 0) is 24.1 Å². The van der Waals surface area contributed by atoms with E-state index >= 15 is 0 Å². The molecule has 22 heavy (non-hydrogen) atoms. The van der Waals surface area contributed by atoms with E-state index in [2.05, 4.69) is 9.97 Å². The quantitative estimate of drug-likeness (QED) is 0.887. The molecule has 0 unspecified atom stereocenters. The van der Waals surface area contributed by atoms with E-state index in [9.17, 15) is 8.42 Å². The summed E-state index contributed by atoms with van der Waals surface area (Å²) in [4.78, 5) is 7.95. The first-order valence-electron chi connectivity index (χ1n) is 6.44. The lowest BCUT2D eigenvalue weighted by Gasteiger charge is -2.27. The number of fused-ring (bicyclic) bond motifs is 1. The molecule has 1 aliphatic rings. The number of aromatic nitrogens is 2. The minimum atomic E-state index is -3.81. The molecule has 9 heteroatoms. The smallest absolute Gasteiger partial charge is 0.246 e. The van der Waals surface area contributed by atoms with Gasteiger partial charge in [0.15, 0.2) is 0 Å². The van der Waals surface area contributed by atoms with Crippen LogP contribution in [0.15, 0.2) is 29.3 Å². The van der Waals surface area contributed by atoms with Gasteiger partial charge in [0, 0.05) is 12.7 Å². The highest BCUT2D eigenvalue weighted by molar-refractivity contribution is 7.89. The first kappa shape index (κ1) is 15.5. The number of hydrogen-bond donors (Lipinski definition) is 1. The average molecular weight is 359 g/mol. The van der Waals surface area contributed by atoms with Gasteiger partial charge in [0.1, 0.15) is 4.90 Å². The topological polar surface area (TPSA) is 89.2 Å². The summed E-state index contributed by atoms with van der Waals surface area (Å²) < 4.78 is 26.9. The third kappa shape index (κ3) is 2.65. The van der Waals surface area contributed by atoms with E-state index in [-0.39, 0.29) is 27.4 Å². The normalized spacial score (nSPS) is 15.5. The summed E-state index contributed by atoms with van der Waals surface area (Å²) in [6.07, 6.45) is 2.14. The van der Waals surface area contributed by atoms with Crippen LogP contribution in [0.1, 0.15) is 11.3 Å². The van der Waals surface area contributed by atoms with Crippen molar-refractivity contribution in [3.05, 3.63) is 45.7 Å². The molecule has 2 N–H and O–H groups in total. The Morgan fingerprint density at radius 3 is 2.59 bits per heavy atom. The number of sulfonamides is 1. The predicted molar refractivity (Wildman–Crippen MR) is 84.2 cm³/mol. The summed E-state index contributed by atoms with van der Waals surface area (Å²) >= 11 is 12.0. The van der Waals surface area contributed by atoms with Crippen LogP contribution < -0.4 is 5.73 Å². The van der Waals surface area contributed by atoms with Gasteiger partial charge in [-0.3, -0.25) is 0 Å². The number of nitrogen functional groups attached to an aromatic ring is 1. The van der Waals surface area contributed by atoms with Crippen LogP contribution in [0.3, 0.4) is 0 Å².